The van der Waals surface area contributed by atoms with Crippen LogP contribution in [0.25, 0.3) is 0 Å². The molecule has 1 aliphatic rings. The maximum absolute atomic E-state index is 9.35. The molecule has 1 fully saturated rings. The number of nitrogen functional groups attached to an aromatic ring is 1. The van der Waals surface area contributed by atoms with E-state index in [0.717, 1.165) is 36.1 Å². The first-order valence-corrected chi connectivity index (χ1v) is 9.21. The van der Waals surface area contributed by atoms with Crippen molar-refractivity contribution in [3.63, 3.8) is 0 Å². The quantitative estimate of drug-likeness (QED) is 0.695. The zero-order valence-electron chi connectivity index (χ0n) is 15.7. The van der Waals surface area contributed by atoms with E-state index in [1.165, 1.54) is 0 Å². The van der Waals surface area contributed by atoms with Crippen LogP contribution in [0.15, 0.2) is 18.3 Å². The second kappa shape index (κ2) is 8.69. The molecule has 2 aromatic rings. The van der Waals surface area contributed by atoms with Gasteiger partial charge in [0.05, 0.1) is 17.9 Å². The molecule has 2 unspecified atom stereocenters. The SMILES string of the molecule is CCOc1ccc(C#Cc2c(C)nc(N)nc2NC2CCC(CO)C2)cn1. The lowest BCUT2D eigenvalue weighted by molar-refractivity contribution is 0.229. The maximum Gasteiger partial charge on any atom is 0.222 e. The third kappa shape index (κ3) is 4.86. The second-order valence-corrected chi connectivity index (χ2v) is 6.66. The Morgan fingerprint density at radius 3 is 2.81 bits per heavy atom. The van der Waals surface area contributed by atoms with E-state index in [0.29, 0.717) is 24.2 Å². The molecular weight excluding hydrogens is 342 g/mol. The second-order valence-electron chi connectivity index (χ2n) is 6.66. The van der Waals surface area contributed by atoms with E-state index in [-0.39, 0.29) is 18.6 Å². The Kier molecular flexibility index (Phi) is 6.09. The van der Waals surface area contributed by atoms with Gasteiger partial charge in [0.2, 0.25) is 11.8 Å². The number of nitrogens with zero attached hydrogens (tertiary/aromatic N) is 3. The van der Waals surface area contributed by atoms with Crippen molar-refractivity contribution < 1.29 is 9.84 Å². The minimum Gasteiger partial charge on any atom is -0.478 e. The highest BCUT2D eigenvalue weighted by molar-refractivity contribution is 5.60. The van der Waals surface area contributed by atoms with Crippen LogP contribution in [0.5, 0.6) is 5.88 Å². The monoisotopic (exact) mass is 367 g/mol. The predicted molar refractivity (Wildman–Crippen MR) is 104 cm³/mol. The van der Waals surface area contributed by atoms with Crippen LogP contribution in [-0.4, -0.2) is 39.3 Å². The molecule has 0 amide bonds. The lowest BCUT2D eigenvalue weighted by atomic mass is 10.1. The molecule has 1 saturated carbocycles. The van der Waals surface area contributed by atoms with Gasteiger partial charge in [-0.3, -0.25) is 0 Å². The van der Waals surface area contributed by atoms with Crippen LogP contribution < -0.4 is 15.8 Å². The van der Waals surface area contributed by atoms with Crippen LogP contribution in [0.4, 0.5) is 11.8 Å². The van der Waals surface area contributed by atoms with Gasteiger partial charge in [-0.25, -0.2) is 9.97 Å². The molecule has 142 valence electrons. The average Bonchev–Trinajstić information content (AvgIpc) is 3.10. The van der Waals surface area contributed by atoms with Crippen molar-refractivity contribution in [2.75, 3.05) is 24.3 Å². The van der Waals surface area contributed by atoms with E-state index >= 15 is 0 Å². The summed E-state index contributed by atoms with van der Waals surface area (Å²) >= 11 is 0. The first kappa shape index (κ1) is 18.9. The van der Waals surface area contributed by atoms with E-state index in [2.05, 4.69) is 32.1 Å². The third-order valence-corrected chi connectivity index (χ3v) is 4.61. The number of nitrogens with one attached hydrogen (secondary N) is 1. The first-order valence-electron chi connectivity index (χ1n) is 9.21. The number of aliphatic hydroxyl groups is 1. The molecule has 2 aromatic heterocycles. The normalized spacial score (nSPS) is 18.6. The number of aryl methyl sites for hydroxylation is 1. The highest BCUT2D eigenvalue weighted by atomic mass is 16.5. The summed E-state index contributed by atoms with van der Waals surface area (Å²) in [6.45, 7) is 4.59. The van der Waals surface area contributed by atoms with Gasteiger partial charge < -0.3 is 20.9 Å². The molecule has 7 nitrogen and oxygen atoms in total. The zero-order valence-corrected chi connectivity index (χ0v) is 15.7. The molecule has 2 atom stereocenters. The molecule has 0 saturated heterocycles. The van der Waals surface area contributed by atoms with Gasteiger partial charge in [0, 0.05) is 30.5 Å². The van der Waals surface area contributed by atoms with Gasteiger partial charge in [0.25, 0.3) is 0 Å². The van der Waals surface area contributed by atoms with Gasteiger partial charge in [-0.05, 0) is 45.1 Å². The Balaban J connectivity index is 1.82. The third-order valence-electron chi connectivity index (χ3n) is 4.61. The fourth-order valence-electron chi connectivity index (χ4n) is 3.24. The van der Waals surface area contributed by atoms with Crippen LogP contribution in [0.2, 0.25) is 0 Å². The van der Waals surface area contributed by atoms with Crippen LogP contribution in [0.3, 0.4) is 0 Å². The molecule has 0 spiro atoms. The van der Waals surface area contributed by atoms with Crippen molar-refractivity contribution in [2.24, 2.45) is 5.92 Å². The molecule has 3 rings (SSSR count). The summed E-state index contributed by atoms with van der Waals surface area (Å²) in [5.74, 6) is 8.05. The average molecular weight is 367 g/mol. The van der Waals surface area contributed by atoms with Crippen molar-refractivity contribution in [3.8, 4) is 17.7 Å². The van der Waals surface area contributed by atoms with Gasteiger partial charge in [0.1, 0.15) is 5.82 Å². The summed E-state index contributed by atoms with van der Waals surface area (Å²) in [6, 6.07) is 3.92. The molecular formula is C20H25N5O2. The lowest BCUT2D eigenvalue weighted by Crippen LogP contribution is -2.19. The molecule has 0 aliphatic heterocycles. The molecule has 1 aliphatic carbocycles. The summed E-state index contributed by atoms with van der Waals surface area (Å²) in [7, 11) is 0. The summed E-state index contributed by atoms with van der Waals surface area (Å²) in [5.41, 5.74) is 8.07. The number of hydrogen-bond donors (Lipinski definition) is 3. The number of ether oxygens (including phenoxy) is 1. The van der Waals surface area contributed by atoms with E-state index < -0.39 is 0 Å². The zero-order chi connectivity index (χ0) is 19.2. The van der Waals surface area contributed by atoms with Crippen LogP contribution >= 0.6 is 0 Å². The number of aromatic nitrogens is 3. The maximum atomic E-state index is 9.35. The molecule has 7 heteroatoms. The lowest BCUT2D eigenvalue weighted by Gasteiger charge is -2.16. The van der Waals surface area contributed by atoms with Crippen LogP contribution in [0.1, 0.15) is 43.0 Å². The molecule has 0 bridgehead atoms. The molecule has 0 radical (unpaired) electrons. The highest BCUT2D eigenvalue weighted by Gasteiger charge is 2.25. The van der Waals surface area contributed by atoms with Gasteiger partial charge in [0.15, 0.2) is 0 Å². The number of nitrogens with two attached hydrogens (primary N) is 1. The Hall–Kier alpha value is -2.85. The molecule has 4 N–H and O–H groups in total. The van der Waals surface area contributed by atoms with Crippen molar-refractivity contribution in [2.45, 2.75) is 39.2 Å². The molecule has 0 aromatic carbocycles. The van der Waals surface area contributed by atoms with E-state index in [1.54, 1.807) is 12.3 Å². The summed E-state index contributed by atoms with van der Waals surface area (Å²) in [6.07, 6.45) is 4.59. The smallest absolute Gasteiger partial charge is 0.222 e. The summed E-state index contributed by atoms with van der Waals surface area (Å²) in [5, 5.41) is 12.8. The van der Waals surface area contributed by atoms with Crippen molar-refractivity contribution in [3.05, 3.63) is 35.2 Å². The van der Waals surface area contributed by atoms with E-state index in [4.69, 9.17) is 10.5 Å². The topological polar surface area (TPSA) is 106 Å². The van der Waals surface area contributed by atoms with Gasteiger partial charge in [-0.15, -0.1) is 0 Å². The standard InChI is InChI=1S/C20H25N5O2/c1-3-27-18-9-6-14(11-22-18)5-8-17-13(2)23-20(21)25-19(17)24-16-7-4-15(10-16)12-26/h6,9,11,15-16,26H,3-4,7,10,12H2,1-2H3,(H3,21,23,24,25). The fourth-order valence-corrected chi connectivity index (χ4v) is 3.24. The van der Waals surface area contributed by atoms with E-state index in [1.807, 2.05) is 19.9 Å². The summed E-state index contributed by atoms with van der Waals surface area (Å²) < 4.78 is 5.35. The minimum atomic E-state index is 0.222. The number of anilines is 2. The Morgan fingerprint density at radius 2 is 2.15 bits per heavy atom. The number of rotatable bonds is 5. The fraction of sp³-hybridized carbons (Fsp3) is 0.450. The largest absolute Gasteiger partial charge is 0.478 e. The Morgan fingerprint density at radius 1 is 1.30 bits per heavy atom. The number of pyridine rings is 1. The van der Waals surface area contributed by atoms with Gasteiger partial charge in [-0.1, -0.05) is 11.8 Å². The number of aliphatic hydroxyl groups excluding tert-OH is 1. The molecule has 2 heterocycles. The first-order chi connectivity index (χ1) is 13.1. The Bertz CT molecular complexity index is 842. The van der Waals surface area contributed by atoms with E-state index in [9.17, 15) is 5.11 Å². The van der Waals surface area contributed by atoms with Gasteiger partial charge in [-0.2, -0.15) is 4.98 Å². The highest BCUT2D eigenvalue weighted by Crippen LogP contribution is 2.28. The minimum absolute atomic E-state index is 0.222. The number of hydrogen-bond acceptors (Lipinski definition) is 7. The Labute approximate surface area is 159 Å². The van der Waals surface area contributed by atoms with Crippen molar-refractivity contribution in [1.82, 2.24) is 15.0 Å². The van der Waals surface area contributed by atoms with Crippen LogP contribution in [-0.2, 0) is 0 Å². The van der Waals surface area contributed by atoms with Gasteiger partial charge >= 0.3 is 0 Å². The summed E-state index contributed by atoms with van der Waals surface area (Å²) in [4.78, 5) is 12.8. The van der Waals surface area contributed by atoms with Crippen LogP contribution in [0, 0.1) is 24.7 Å². The van der Waals surface area contributed by atoms with Crippen molar-refractivity contribution in [1.29, 1.82) is 0 Å². The predicted octanol–water partition coefficient (Wildman–Crippen LogP) is 2.13. The molecule has 27 heavy (non-hydrogen) atoms. The van der Waals surface area contributed by atoms with Crippen molar-refractivity contribution >= 4 is 11.8 Å².